The Balaban J connectivity index is 2.77. The van der Waals surface area contributed by atoms with Crippen molar-refractivity contribution in [3.63, 3.8) is 0 Å². The highest BCUT2D eigenvalue weighted by molar-refractivity contribution is 5.69. The summed E-state index contributed by atoms with van der Waals surface area (Å²) in [7, 11) is 1.56. The van der Waals surface area contributed by atoms with Crippen LogP contribution in [0.4, 0.5) is 10.1 Å². The third-order valence-corrected chi connectivity index (χ3v) is 2.07. The Morgan fingerprint density at radius 3 is 2.71 bits per heavy atom. The zero-order valence-corrected chi connectivity index (χ0v) is 9.09. The van der Waals surface area contributed by atoms with Crippen LogP contribution >= 0.6 is 0 Å². The van der Waals surface area contributed by atoms with E-state index in [0.717, 1.165) is 12.1 Å². The molecule has 1 rings (SSSR count). The quantitative estimate of drug-likeness (QED) is 0.620. The van der Waals surface area contributed by atoms with E-state index in [2.05, 4.69) is 0 Å². The second-order valence-corrected chi connectivity index (χ2v) is 3.61. The molecular formula is C10H11FN2O4. The summed E-state index contributed by atoms with van der Waals surface area (Å²) in [4.78, 5) is 21.4. The number of carbonyl (C=O) groups is 1. The van der Waals surface area contributed by atoms with Crippen LogP contribution in [0.25, 0.3) is 0 Å². The molecule has 1 N–H and O–H groups in total. The van der Waals surface area contributed by atoms with E-state index >= 15 is 0 Å². The van der Waals surface area contributed by atoms with E-state index in [1.807, 2.05) is 0 Å². The largest absolute Gasteiger partial charge is 0.480 e. The molecule has 0 saturated heterocycles. The molecule has 0 aliphatic heterocycles. The van der Waals surface area contributed by atoms with Crippen LogP contribution in [0.5, 0.6) is 0 Å². The fraction of sp³-hybridized carbons (Fsp3) is 0.300. The molecule has 0 spiro atoms. The average molecular weight is 242 g/mol. The molecule has 0 unspecified atom stereocenters. The molecule has 0 amide bonds. The SMILES string of the molecule is CN(CC(=O)O)Cc1ccc([N+](=O)[O-])c(F)c1. The Bertz CT molecular complexity index is 450. The number of nitro benzene ring substituents is 1. The van der Waals surface area contributed by atoms with Gasteiger partial charge in [0, 0.05) is 12.6 Å². The first-order chi connectivity index (χ1) is 7.90. The standard InChI is InChI=1S/C10H11FN2O4/c1-12(6-10(14)15)5-7-2-3-9(13(16)17)8(11)4-7/h2-4H,5-6H2,1H3,(H,14,15). The van der Waals surface area contributed by atoms with Crippen molar-refractivity contribution in [2.24, 2.45) is 0 Å². The number of hydrogen-bond donors (Lipinski definition) is 1. The van der Waals surface area contributed by atoms with Crippen LogP contribution in [0.15, 0.2) is 18.2 Å². The highest BCUT2D eigenvalue weighted by atomic mass is 19.1. The average Bonchev–Trinajstić information content (AvgIpc) is 2.15. The lowest BCUT2D eigenvalue weighted by atomic mass is 10.2. The van der Waals surface area contributed by atoms with Gasteiger partial charge in [0.2, 0.25) is 5.82 Å². The fourth-order valence-corrected chi connectivity index (χ4v) is 1.40. The van der Waals surface area contributed by atoms with Crippen molar-refractivity contribution in [3.05, 3.63) is 39.7 Å². The molecule has 92 valence electrons. The van der Waals surface area contributed by atoms with Crippen LogP contribution in [0.2, 0.25) is 0 Å². The van der Waals surface area contributed by atoms with Gasteiger partial charge < -0.3 is 5.11 Å². The first-order valence-corrected chi connectivity index (χ1v) is 4.73. The molecule has 0 fully saturated rings. The van der Waals surface area contributed by atoms with E-state index in [0.29, 0.717) is 5.56 Å². The van der Waals surface area contributed by atoms with Crippen LogP contribution in [0, 0.1) is 15.9 Å². The predicted octanol–water partition coefficient (Wildman–Crippen LogP) is 1.25. The van der Waals surface area contributed by atoms with E-state index in [1.165, 1.54) is 11.0 Å². The third kappa shape index (κ3) is 3.80. The summed E-state index contributed by atoms with van der Waals surface area (Å²) in [5.74, 6) is -1.91. The van der Waals surface area contributed by atoms with Crippen molar-refractivity contribution in [1.82, 2.24) is 4.90 Å². The molecule has 0 aromatic heterocycles. The Morgan fingerprint density at radius 2 is 2.24 bits per heavy atom. The lowest BCUT2D eigenvalue weighted by molar-refractivity contribution is -0.387. The van der Waals surface area contributed by atoms with Gasteiger partial charge in [0.1, 0.15) is 0 Å². The Kier molecular flexibility index (Phi) is 4.11. The summed E-state index contributed by atoms with van der Waals surface area (Å²) in [5.41, 5.74) is -0.105. The number of hydrogen-bond acceptors (Lipinski definition) is 4. The van der Waals surface area contributed by atoms with Crippen molar-refractivity contribution in [2.75, 3.05) is 13.6 Å². The smallest absolute Gasteiger partial charge is 0.317 e. The third-order valence-electron chi connectivity index (χ3n) is 2.07. The van der Waals surface area contributed by atoms with Crippen LogP contribution in [0.3, 0.4) is 0 Å². The number of carboxylic acids is 1. The number of likely N-dealkylation sites (N-methyl/N-ethyl adjacent to an activating group) is 1. The van der Waals surface area contributed by atoms with Crippen molar-refractivity contribution in [3.8, 4) is 0 Å². The Morgan fingerprint density at radius 1 is 1.59 bits per heavy atom. The summed E-state index contributed by atoms with van der Waals surface area (Å²) in [6.45, 7) is 0.0276. The van der Waals surface area contributed by atoms with Crippen molar-refractivity contribution in [1.29, 1.82) is 0 Å². The van der Waals surface area contributed by atoms with E-state index in [9.17, 15) is 19.3 Å². The fourth-order valence-electron chi connectivity index (χ4n) is 1.40. The van der Waals surface area contributed by atoms with Crippen LogP contribution in [-0.4, -0.2) is 34.5 Å². The maximum atomic E-state index is 13.2. The molecule has 0 heterocycles. The van der Waals surface area contributed by atoms with Crippen molar-refractivity contribution >= 4 is 11.7 Å². The monoisotopic (exact) mass is 242 g/mol. The number of nitrogens with zero attached hydrogens (tertiary/aromatic N) is 2. The zero-order chi connectivity index (χ0) is 13.0. The molecule has 1 aromatic rings. The van der Waals surface area contributed by atoms with Gasteiger partial charge in [0.05, 0.1) is 11.5 Å². The minimum atomic E-state index is -0.991. The lowest BCUT2D eigenvalue weighted by Gasteiger charge is -2.13. The minimum absolute atomic E-state index is 0.182. The number of halogens is 1. The number of benzene rings is 1. The second-order valence-electron chi connectivity index (χ2n) is 3.61. The summed E-state index contributed by atoms with van der Waals surface area (Å²) < 4.78 is 13.2. The van der Waals surface area contributed by atoms with Gasteiger partial charge in [-0.15, -0.1) is 0 Å². The van der Waals surface area contributed by atoms with Crippen molar-refractivity contribution in [2.45, 2.75) is 6.54 Å². The normalized spacial score (nSPS) is 10.5. The molecule has 6 nitrogen and oxygen atoms in total. The van der Waals surface area contributed by atoms with E-state index in [1.54, 1.807) is 7.05 Å². The van der Waals surface area contributed by atoms with E-state index < -0.39 is 22.4 Å². The zero-order valence-electron chi connectivity index (χ0n) is 9.09. The molecule has 0 bridgehead atoms. The Hall–Kier alpha value is -2.02. The number of rotatable bonds is 5. The predicted molar refractivity (Wildman–Crippen MR) is 57.0 cm³/mol. The number of carboxylic acid groups (broad SMARTS) is 1. The first kappa shape index (κ1) is 13.0. The summed E-state index contributed by atoms with van der Waals surface area (Å²) in [6.07, 6.45) is 0. The van der Waals surface area contributed by atoms with Gasteiger partial charge in [-0.25, -0.2) is 0 Å². The van der Waals surface area contributed by atoms with Crippen LogP contribution in [-0.2, 0) is 11.3 Å². The maximum absolute atomic E-state index is 13.2. The van der Waals surface area contributed by atoms with Gasteiger partial charge in [-0.1, -0.05) is 6.07 Å². The van der Waals surface area contributed by atoms with Gasteiger partial charge >= 0.3 is 11.7 Å². The van der Waals surface area contributed by atoms with Gasteiger partial charge in [-0.05, 0) is 18.7 Å². The van der Waals surface area contributed by atoms with E-state index in [-0.39, 0.29) is 13.1 Å². The topological polar surface area (TPSA) is 83.7 Å². The first-order valence-electron chi connectivity index (χ1n) is 4.73. The molecule has 17 heavy (non-hydrogen) atoms. The maximum Gasteiger partial charge on any atom is 0.317 e. The number of nitro groups is 1. The molecule has 7 heteroatoms. The summed E-state index contributed by atoms with van der Waals surface area (Å²) in [6, 6.07) is 3.51. The summed E-state index contributed by atoms with van der Waals surface area (Å²) >= 11 is 0. The van der Waals surface area contributed by atoms with Gasteiger partial charge in [-0.3, -0.25) is 19.8 Å². The Labute approximate surface area is 96.4 Å². The molecule has 0 radical (unpaired) electrons. The second kappa shape index (κ2) is 5.35. The van der Waals surface area contributed by atoms with Crippen LogP contribution < -0.4 is 0 Å². The van der Waals surface area contributed by atoms with Crippen LogP contribution in [0.1, 0.15) is 5.56 Å². The van der Waals surface area contributed by atoms with Crippen molar-refractivity contribution < 1.29 is 19.2 Å². The van der Waals surface area contributed by atoms with Gasteiger partial charge in [0.25, 0.3) is 0 Å². The minimum Gasteiger partial charge on any atom is -0.480 e. The van der Waals surface area contributed by atoms with Gasteiger partial charge in [0.15, 0.2) is 0 Å². The summed E-state index contributed by atoms with van der Waals surface area (Å²) in [5, 5.41) is 18.9. The lowest BCUT2D eigenvalue weighted by Crippen LogP contribution is -2.25. The highest BCUT2D eigenvalue weighted by Gasteiger charge is 2.14. The molecule has 0 aliphatic carbocycles. The molecular weight excluding hydrogens is 231 g/mol. The molecule has 1 aromatic carbocycles. The molecule has 0 aliphatic rings. The molecule has 0 atom stereocenters. The highest BCUT2D eigenvalue weighted by Crippen LogP contribution is 2.18. The molecule has 0 saturated carbocycles. The number of aliphatic carboxylic acids is 1. The van der Waals surface area contributed by atoms with E-state index in [4.69, 9.17) is 5.11 Å². The van der Waals surface area contributed by atoms with Gasteiger partial charge in [-0.2, -0.15) is 4.39 Å².